The molecule has 0 radical (unpaired) electrons. The number of hydrogen-bond acceptors (Lipinski definition) is 4. The number of nitrogens with two attached hydrogens (primary N) is 1. The van der Waals surface area contributed by atoms with Crippen molar-refractivity contribution in [1.82, 2.24) is 5.32 Å². The summed E-state index contributed by atoms with van der Waals surface area (Å²) in [5.74, 6) is 1.43. The molecule has 0 saturated carbocycles. The maximum absolute atomic E-state index is 11.5. The minimum Gasteiger partial charge on any atom is -0.381 e. The number of ether oxygens (including phenoxy) is 1. The van der Waals surface area contributed by atoms with Crippen LogP contribution in [-0.4, -0.2) is 43.7 Å². The molecule has 0 aliphatic carbocycles. The van der Waals surface area contributed by atoms with Crippen LogP contribution in [-0.2, 0) is 9.53 Å². The van der Waals surface area contributed by atoms with E-state index < -0.39 is 0 Å². The lowest BCUT2D eigenvalue weighted by Crippen LogP contribution is -2.41. The van der Waals surface area contributed by atoms with Gasteiger partial charge in [-0.15, -0.1) is 0 Å². The van der Waals surface area contributed by atoms with E-state index in [9.17, 15) is 4.79 Å². The lowest BCUT2D eigenvalue weighted by Gasteiger charge is -2.12. The first-order valence-corrected chi connectivity index (χ1v) is 7.57. The van der Waals surface area contributed by atoms with Crippen LogP contribution in [0.2, 0.25) is 0 Å². The van der Waals surface area contributed by atoms with Crippen LogP contribution in [0.25, 0.3) is 0 Å². The second-order valence-corrected chi connectivity index (χ2v) is 5.49. The number of thioether (sulfide) groups is 1. The molecule has 5 heteroatoms. The van der Waals surface area contributed by atoms with E-state index >= 15 is 0 Å². The van der Waals surface area contributed by atoms with E-state index in [-0.39, 0.29) is 11.9 Å². The molecule has 0 saturated heterocycles. The number of rotatable bonds is 10. The summed E-state index contributed by atoms with van der Waals surface area (Å²) in [6.07, 6.45) is 3.58. The summed E-state index contributed by atoms with van der Waals surface area (Å²) in [4.78, 5) is 11.5. The van der Waals surface area contributed by atoms with Crippen LogP contribution in [0.1, 0.15) is 26.7 Å². The Balaban J connectivity index is 3.38. The highest BCUT2D eigenvalue weighted by molar-refractivity contribution is 7.98. The number of hydrogen-bond donors (Lipinski definition) is 2. The molecule has 1 atom stereocenters. The molecule has 0 aromatic heterocycles. The Morgan fingerprint density at radius 1 is 1.47 bits per heavy atom. The summed E-state index contributed by atoms with van der Waals surface area (Å²) in [5.41, 5.74) is 5.73. The van der Waals surface area contributed by atoms with Crippen LogP contribution in [0, 0.1) is 5.92 Å². The molecule has 0 heterocycles. The second kappa shape index (κ2) is 10.9. The third-order valence-corrected chi connectivity index (χ3v) is 2.83. The fourth-order valence-electron chi connectivity index (χ4n) is 1.21. The lowest BCUT2D eigenvalue weighted by atomic mass is 10.2. The summed E-state index contributed by atoms with van der Waals surface area (Å²) < 4.78 is 5.42. The second-order valence-electron chi connectivity index (χ2n) is 4.50. The van der Waals surface area contributed by atoms with Crippen molar-refractivity contribution in [3.63, 3.8) is 0 Å². The van der Waals surface area contributed by atoms with Gasteiger partial charge in [-0.1, -0.05) is 13.8 Å². The van der Waals surface area contributed by atoms with Gasteiger partial charge in [-0.25, -0.2) is 0 Å². The Labute approximate surface area is 109 Å². The molecule has 17 heavy (non-hydrogen) atoms. The van der Waals surface area contributed by atoms with Gasteiger partial charge in [0.15, 0.2) is 0 Å². The Hall–Kier alpha value is -0.260. The quantitative estimate of drug-likeness (QED) is 0.582. The minimum atomic E-state index is -0.376. The zero-order chi connectivity index (χ0) is 13.1. The van der Waals surface area contributed by atoms with Gasteiger partial charge >= 0.3 is 0 Å². The first-order valence-electron chi connectivity index (χ1n) is 6.18. The highest BCUT2D eigenvalue weighted by Crippen LogP contribution is 1.98. The Bertz CT molecular complexity index is 201. The van der Waals surface area contributed by atoms with Gasteiger partial charge in [0.25, 0.3) is 0 Å². The van der Waals surface area contributed by atoms with Crippen molar-refractivity contribution in [3.05, 3.63) is 0 Å². The molecule has 102 valence electrons. The maximum atomic E-state index is 11.5. The highest BCUT2D eigenvalue weighted by Gasteiger charge is 2.11. The summed E-state index contributed by atoms with van der Waals surface area (Å²) >= 11 is 1.70. The van der Waals surface area contributed by atoms with Gasteiger partial charge in [-0.05, 0) is 30.8 Å². The Kier molecular flexibility index (Phi) is 10.7. The third-order valence-electron chi connectivity index (χ3n) is 2.19. The van der Waals surface area contributed by atoms with E-state index in [2.05, 4.69) is 19.2 Å². The molecule has 0 rings (SSSR count). The van der Waals surface area contributed by atoms with Crippen molar-refractivity contribution in [2.75, 3.05) is 31.8 Å². The van der Waals surface area contributed by atoms with Gasteiger partial charge in [-0.2, -0.15) is 11.8 Å². The Morgan fingerprint density at radius 2 is 2.18 bits per heavy atom. The summed E-state index contributed by atoms with van der Waals surface area (Å²) in [6.45, 7) is 6.35. The Morgan fingerprint density at radius 3 is 2.76 bits per heavy atom. The van der Waals surface area contributed by atoms with Gasteiger partial charge in [-0.3, -0.25) is 4.79 Å². The van der Waals surface area contributed by atoms with Gasteiger partial charge in [0, 0.05) is 19.8 Å². The molecule has 4 nitrogen and oxygen atoms in total. The summed E-state index contributed by atoms with van der Waals surface area (Å²) in [5, 5.41) is 2.83. The molecule has 0 bridgehead atoms. The predicted molar refractivity (Wildman–Crippen MR) is 74.3 cm³/mol. The van der Waals surface area contributed by atoms with E-state index in [1.54, 1.807) is 11.8 Å². The van der Waals surface area contributed by atoms with Gasteiger partial charge in [0.2, 0.25) is 5.91 Å². The molecule has 0 aromatic rings. The van der Waals surface area contributed by atoms with Crippen LogP contribution in [0.4, 0.5) is 0 Å². The molecule has 0 unspecified atom stereocenters. The SMILES string of the molecule is CSCC[C@@H](N)C(=O)NCCCOCC(C)C. The average Bonchev–Trinajstić information content (AvgIpc) is 2.29. The molecular weight excluding hydrogens is 236 g/mol. The number of amides is 1. The fourth-order valence-corrected chi connectivity index (χ4v) is 1.70. The normalized spacial score (nSPS) is 12.8. The van der Waals surface area contributed by atoms with E-state index in [0.717, 1.165) is 25.2 Å². The summed E-state index contributed by atoms with van der Waals surface area (Å²) in [7, 11) is 0. The monoisotopic (exact) mass is 262 g/mol. The van der Waals surface area contributed by atoms with Crippen molar-refractivity contribution in [1.29, 1.82) is 0 Å². The molecule has 0 aliphatic rings. The lowest BCUT2D eigenvalue weighted by molar-refractivity contribution is -0.122. The van der Waals surface area contributed by atoms with Crippen LogP contribution in [0.5, 0.6) is 0 Å². The zero-order valence-electron chi connectivity index (χ0n) is 11.2. The van der Waals surface area contributed by atoms with E-state index in [1.165, 1.54) is 0 Å². The van der Waals surface area contributed by atoms with Crippen LogP contribution < -0.4 is 11.1 Å². The largest absolute Gasteiger partial charge is 0.381 e. The van der Waals surface area contributed by atoms with Crippen molar-refractivity contribution in [2.45, 2.75) is 32.7 Å². The van der Waals surface area contributed by atoms with Crippen molar-refractivity contribution >= 4 is 17.7 Å². The number of nitrogens with one attached hydrogen (secondary N) is 1. The zero-order valence-corrected chi connectivity index (χ0v) is 12.0. The summed E-state index contributed by atoms with van der Waals surface area (Å²) in [6, 6.07) is -0.376. The highest BCUT2D eigenvalue weighted by atomic mass is 32.2. The van der Waals surface area contributed by atoms with Crippen molar-refractivity contribution in [3.8, 4) is 0 Å². The maximum Gasteiger partial charge on any atom is 0.236 e. The average molecular weight is 262 g/mol. The standard InChI is InChI=1S/C12H26N2O2S/c1-10(2)9-16-7-4-6-14-12(15)11(13)5-8-17-3/h10-11H,4-9,13H2,1-3H3,(H,14,15)/t11-/m1/s1. The van der Waals surface area contributed by atoms with E-state index in [1.807, 2.05) is 6.26 Å². The number of carbonyl (C=O) groups excluding carboxylic acids is 1. The molecule has 0 spiro atoms. The number of carbonyl (C=O) groups is 1. The van der Waals surface area contributed by atoms with Crippen LogP contribution >= 0.6 is 11.8 Å². The molecule has 0 aliphatic heterocycles. The van der Waals surface area contributed by atoms with E-state index in [4.69, 9.17) is 10.5 Å². The molecule has 0 aromatic carbocycles. The van der Waals surface area contributed by atoms with Crippen molar-refractivity contribution in [2.24, 2.45) is 11.7 Å². The first kappa shape index (κ1) is 16.7. The fraction of sp³-hybridized carbons (Fsp3) is 0.917. The van der Waals surface area contributed by atoms with Gasteiger partial charge in [0.1, 0.15) is 0 Å². The molecule has 3 N–H and O–H groups in total. The smallest absolute Gasteiger partial charge is 0.236 e. The third kappa shape index (κ3) is 10.6. The minimum absolute atomic E-state index is 0.0529. The van der Waals surface area contributed by atoms with E-state index in [0.29, 0.717) is 19.1 Å². The molecular formula is C12H26N2O2S. The van der Waals surface area contributed by atoms with Gasteiger partial charge in [0.05, 0.1) is 6.04 Å². The van der Waals surface area contributed by atoms with Gasteiger partial charge < -0.3 is 15.8 Å². The van der Waals surface area contributed by atoms with Crippen LogP contribution in [0.15, 0.2) is 0 Å². The molecule has 1 amide bonds. The van der Waals surface area contributed by atoms with Crippen LogP contribution in [0.3, 0.4) is 0 Å². The topological polar surface area (TPSA) is 64.4 Å². The first-order chi connectivity index (χ1) is 8.07. The predicted octanol–water partition coefficient (Wildman–Crippen LogP) is 1.25. The van der Waals surface area contributed by atoms with Crippen molar-refractivity contribution < 1.29 is 9.53 Å². The molecule has 0 fully saturated rings.